The van der Waals surface area contributed by atoms with Crippen molar-refractivity contribution < 1.29 is 56.0 Å². The smallest absolute Gasteiger partial charge is 0.324 e. The maximum absolute atomic E-state index is 13.1. The van der Waals surface area contributed by atoms with Crippen LogP contribution in [0.3, 0.4) is 0 Å². The lowest BCUT2D eigenvalue weighted by atomic mass is 10.1. The van der Waals surface area contributed by atoms with Crippen molar-refractivity contribution in [2.45, 2.75) is 87.7 Å². The highest BCUT2D eigenvalue weighted by molar-refractivity contribution is 9.26. The van der Waals surface area contributed by atoms with E-state index in [2.05, 4.69) is 157 Å². The molecule has 12 aromatic rings. The number of aryl methyl sites for hydroxylation is 3. The number of benzene rings is 6. The molecule has 3 amide bonds. The molecule has 33 nitrogen and oxygen atoms in total. The molecule has 39 heteroatoms. The maximum Gasteiger partial charge on any atom is 0.331 e. The number of amides is 3. The largest absolute Gasteiger partial charge is 0.331 e. The second-order valence-corrected chi connectivity index (χ2v) is 52.4. The molecule has 3 fully saturated rings. The van der Waals surface area contributed by atoms with Gasteiger partial charge in [0.15, 0.2) is 0 Å². The lowest BCUT2D eigenvalue weighted by molar-refractivity contribution is 0.101. The standard InChI is InChI=1S/C34H42N7O4P.C30H34N7O4P.C28H29N7O.C6H14BrO3P.C3H9BrSi/c1-4-44-46(43,45-5-2)22-21-40-17-19-41(20-18-40)25-27-9-11-28(12-10-27)33(42)37-30-13-8-26(3)32(23-30)39-34-36-16-14-31(38-34)29-7-6-15-35-24-29;1-22-4-9-26(19-28(22)35-30-32-12-10-27(34-30)25-3-2-11-31-20-25)33-29(38)24-7-5-23(6-8-24)21-37-15-13-36(14-16-37)17-18-42(39,40)41;1-20-4-9-24(17-26(20)34-28-31-12-10-25(33-28)23-3-2-11-30-18-23)32-27(36)22-7-5-21(6-8-22)19-35-15-13-29-14-16-35;1-3-9-11(8,6-5-7)10-4-2;1-5(2,3)4/h6-16,23-24H,4-5,17-22,25H2,1-3H3,(H,37,42)(H,36,38,39);2-12,19-20H,13-18,21H2,1H3,(H,33,38)(H,32,34,35)(H2,39,40,41);2-12,17-18,29H,13-16,19H2,1H3,(H,32,36)(H,31,33,34);3-6H2,1-2H3;1-3H3. The van der Waals surface area contributed by atoms with Gasteiger partial charge in [-0.15, -0.1) is 15.3 Å². The number of carbonyl (C=O) groups is 3. The molecule has 9 heterocycles. The van der Waals surface area contributed by atoms with Crippen molar-refractivity contribution in [1.82, 2.24) is 74.7 Å². The molecular weight excluding hydrogens is 1980 g/mol. The zero-order valence-corrected chi connectivity index (χ0v) is 87.9. The number of alkyl halides is 1. The lowest BCUT2D eigenvalue weighted by Crippen LogP contribution is -2.46. The molecule has 15 rings (SSSR count). The van der Waals surface area contributed by atoms with E-state index in [9.17, 15) is 28.1 Å². The SMILES string of the molecule is CCOP(=O)(CCBr)OCC.CCOP(=O)(CCN1CCN(Cc2ccc(C(=O)Nc3ccc(C)c(Nc4nccc(-c5cccnc5)n4)c3)cc2)CC1)OCC.C[Si](C)(C)Br.Cc1ccc(NC(=O)c2ccc(CN3CCN(CCP(=O)(O)O)CC3)cc2)cc1Nc1nccc(-c2cccnc2)n1.Cc1ccc(NC(=O)c2ccc(CN3CCNCC3)cc2)cc1Nc1nccc(-c2cccnc2)n1. The maximum atomic E-state index is 13.1. The van der Waals surface area contributed by atoms with Crippen LogP contribution in [-0.4, -0.2) is 245 Å². The van der Waals surface area contributed by atoms with E-state index in [1.165, 1.54) is 5.56 Å². The molecule has 9 N–H and O–H groups in total. The number of pyridine rings is 3. The second kappa shape index (κ2) is 55.6. The molecule has 0 atom stereocenters. The molecule has 0 spiro atoms. The number of piperazine rings is 3. The van der Waals surface area contributed by atoms with Gasteiger partial charge in [0.1, 0.15) is 6.69 Å². The second-order valence-electron chi connectivity index (χ2n) is 34.2. The number of nitrogens with one attached hydrogen (secondary N) is 7. The number of halogens is 2. The Morgan fingerprint density at radius 2 is 0.693 bits per heavy atom. The summed E-state index contributed by atoms with van der Waals surface area (Å²) in [5.41, 5.74) is 17.7. The van der Waals surface area contributed by atoms with Crippen LogP contribution in [0.25, 0.3) is 33.8 Å². The highest BCUT2D eigenvalue weighted by Crippen LogP contribution is 2.49. The summed E-state index contributed by atoms with van der Waals surface area (Å²) >= 11 is 6.71. The highest BCUT2D eigenvalue weighted by atomic mass is 79.9. The van der Waals surface area contributed by atoms with Crippen molar-refractivity contribution in [3.05, 3.63) is 288 Å². The van der Waals surface area contributed by atoms with Crippen LogP contribution in [0.15, 0.2) is 238 Å². The highest BCUT2D eigenvalue weighted by Gasteiger charge is 2.28. The number of hydrogen-bond acceptors (Lipinski definition) is 28. The molecule has 6 aromatic heterocycles. The number of aromatic nitrogens is 9. The van der Waals surface area contributed by atoms with Crippen LogP contribution >= 0.6 is 54.0 Å². The summed E-state index contributed by atoms with van der Waals surface area (Å²) in [5.74, 6) is 0.849. The topological polar surface area (TPSA) is 396 Å². The summed E-state index contributed by atoms with van der Waals surface area (Å²) < 4.78 is 56.3. The molecule has 3 aliphatic heterocycles. The minimum absolute atomic E-state index is 0.105. The van der Waals surface area contributed by atoms with Gasteiger partial charge in [0, 0.05) is 240 Å². The van der Waals surface area contributed by atoms with Crippen molar-refractivity contribution in [3.8, 4) is 33.8 Å². The van der Waals surface area contributed by atoms with Crippen molar-refractivity contribution in [2.24, 2.45) is 0 Å². The predicted molar refractivity (Wildman–Crippen MR) is 568 cm³/mol. The van der Waals surface area contributed by atoms with Crippen molar-refractivity contribution >= 4 is 130 Å². The number of nitrogens with zero attached hydrogens (tertiary/aromatic N) is 14. The van der Waals surface area contributed by atoms with Gasteiger partial charge in [-0.25, -0.2) is 29.9 Å². The Hall–Kier alpha value is -10.8. The van der Waals surface area contributed by atoms with Gasteiger partial charge in [0.2, 0.25) is 17.8 Å². The number of rotatable bonds is 37. The van der Waals surface area contributed by atoms with Crippen LogP contribution in [0.2, 0.25) is 19.6 Å². The van der Waals surface area contributed by atoms with Gasteiger partial charge in [-0.1, -0.05) is 90.2 Å². The van der Waals surface area contributed by atoms with Gasteiger partial charge in [-0.05, 0) is 209 Å². The molecule has 6 aromatic carbocycles. The molecule has 742 valence electrons. The quantitative estimate of drug-likeness (QED) is 0.00755. The average Bonchev–Trinajstić information content (AvgIpc) is 0.823. The first kappa shape index (κ1) is 110. The van der Waals surface area contributed by atoms with E-state index in [0.717, 1.165) is 177 Å². The van der Waals surface area contributed by atoms with Crippen LogP contribution in [0.4, 0.5) is 52.0 Å². The first-order valence-electron chi connectivity index (χ1n) is 46.8. The first-order valence-corrected chi connectivity index (χ1v) is 58.9. The summed E-state index contributed by atoms with van der Waals surface area (Å²) in [7, 11) is -9.75. The first-order chi connectivity index (χ1) is 67.4. The molecule has 0 bridgehead atoms. The minimum atomic E-state index is -3.97. The lowest BCUT2D eigenvalue weighted by Gasteiger charge is -2.35. The van der Waals surface area contributed by atoms with Crippen LogP contribution in [-0.2, 0) is 51.4 Å². The monoisotopic (exact) mass is 2110 g/mol. The Balaban J connectivity index is 0.000000187. The fourth-order valence-electron chi connectivity index (χ4n) is 14.8. The zero-order chi connectivity index (χ0) is 99.9. The normalized spacial score (nSPS) is 13.9. The molecular formula is C101H128Br2N21O12P3Si. The summed E-state index contributed by atoms with van der Waals surface area (Å²) in [6.45, 7) is 35.3. The van der Waals surface area contributed by atoms with E-state index in [1.807, 2.05) is 217 Å². The summed E-state index contributed by atoms with van der Waals surface area (Å²) in [6.07, 6.45) is 16.3. The fourth-order valence-corrected chi connectivity index (χ4v) is 19.6. The number of anilines is 9. The molecule has 3 aliphatic rings. The van der Waals surface area contributed by atoms with Crippen molar-refractivity contribution in [1.29, 1.82) is 0 Å². The summed E-state index contributed by atoms with van der Waals surface area (Å²) in [6, 6.07) is 57.2. The van der Waals surface area contributed by atoms with Gasteiger partial charge in [0.25, 0.3) is 17.7 Å². The third kappa shape index (κ3) is 37.6. The fraction of sp³-hybridized carbons (Fsp3) is 0.347. The van der Waals surface area contributed by atoms with E-state index < -0.39 is 29.5 Å². The van der Waals surface area contributed by atoms with Crippen LogP contribution in [0.5, 0.6) is 0 Å². The van der Waals surface area contributed by atoms with Crippen LogP contribution < -0.4 is 37.2 Å². The van der Waals surface area contributed by atoms with Crippen molar-refractivity contribution in [3.63, 3.8) is 0 Å². The zero-order valence-electron chi connectivity index (χ0n) is 81.0. The molecule has 140 heavy (non-hydrogen) atoms. The molecule has 0 unspecified atom stereocenters. The van der Waals surface area contributed by atoms with E-state index in [-0.39, 0.29) is 23.9 Å². The summed E-state index contributed by atoms with van der Waals surface area (Å²) in [4.78, 5) is 108. The Morgan fingerprint density at radius 1 is 0.400 bits per heavy atom. The Labute approximate surface area is 838 Å². The average molecular weight is 2110 g/mol. The number of hydrogen-bond donors (Lipinski definition) is 9. The predicted octanol–water partition coefficient (Wildman–Crippen LogP) is 19.5. The van der Waals surface area contributed by atoms with Crippen molar-refractivity contribution in [2.75, 3.05) is 174 Å². The Bertz CT molecular complexity index is 6020. The molecule has 0 radical (unpaired) electrons. The minimum Gasteiger partial charge on any atom is -0.324 e. The third-order valence-electron chi connectivity index (χ3n) is 22.1. The van der Waals surface area contributed by atoms with Crippen LogP contribution in [0, 0.1) is 20.8 Å². The van der Waals surface area contributed by atoms with Gasteiger partial charge in [-0.2, -0.15) is 0 Å². The van der Waals surface area contributed by atoms with Gasteiger partial charge in [-0.3, -0.25) is 57.7 Å². The van der Waals surface area contributed by atoms with Gasteiger partial charge in [0.05, 0.1) is 62.0 Å². The molecule has 0 saturated carbocycles. The molecule has 3 saturated heterocycles. The van der Waals surface area contributed by atoms with Gasteiger partial charge >= 0.3 is 22.8 Å². The van der Waals surface area contributed by atoms with E-state index in [1.54, 1.807) is 69.6 Å². The Kier molecular flexibility index (Phi) is 43.5. The third-order valence-corrected chi connectivity index (χ3v) is 28.0. The molecule has 0 aliphatic carbocycles. The van der Waals surface area contributed by atoms with Gasteiger partial charge < -0.3 is 74.9 Å². The Morgan fingerprint density at radius 3 is 0.979 bits per heavy atom. The van der Waals surface area contributed by atoms with E-state index in [0.29, 0.717) is 109 Å². The number of carbonyl (C=O) groups excluding carboxylic acids is 3. The van der Waals surface area contributed by atoms with E-state index in [4.69, 9.17) is 27.9 Å². The van der Waals surface area contributed by atoms with Crippen LogP contribution in [0.1, 0.15) is 92.1 Å². The summed E-state index contributed by atoms with van der Waals surface area (Å²) in [5, 5.41) is 22.8. The van der Waals surface area contributed by atoms with E-state index >= 15 is 0 Å².